The smallest absolute Gasteiger partial charge is 0.161 e. The Hall–Kier alpha value is -3.29. The van der Waals surface area contributed by atoms with Crippen LogP contribution in [0.1, 0.15) is 22.3 Å². The van der Waals surface area contributed by atoms with Gasteiger partial charge in [0, 0.05) is 0 Å². The van der Waals surface area contributed by atoms with E-state index < -0.39 is 32.5 Å². The standard InChI is InChI=1S/C34H34O5S/c35-40(36)29(21-25-13-5-1-6-14-25)31(37-23-27-17-9-3-10-18-27)33-34(39-33)32(38-24-28-19-11-4-12-20-28)30(40)22-26-15-7-2-8-16-26/h1-20,29-34H,21-24H2. The van der Waals surface area contributed by atoms with Crippen LogP contribution in [-0.2, 0) is 50.1 Å². The van der Waals surface area contributed by atoms with Crippen molar-refractivity contribution in [2.75, 3.05) is 0 Å². The maximum absolute atomic E-state index is 14.7. The summed E-state index contributed by atoms with van der Waals surface area (Å²) in [5.74, 6) is 0. The molecule has 0 aliphatic carbocycles. The zero-order chi connectivity index (χ0) is 27.4. The number of ether oxygens (including phenoxy) is 3. The zero-order valence-electron chi connectivity index (χ0n) is 22.3. The van der Waals surface area contributed by atoms with Gasteiger partial charge in [-0.05, 0) is 35.1 Å². The van der Waals surface area contributed by atoms with Crippen molar-refractivity contribution in [3.8, 4) is 0 Å². The van der Waals surface area contributed by atoms with Crippen LogP contribution < -0.4 is 0 Å². The molecule has 5 nitrogen and oxygen atoms in total. The second-order valence-electron chi connectivity index (χ2n) is 10.6. The number of rotatable bonds is 10. The van der Waals surface area contributed by atoms with Crippen LogP contribution in [-0.4, -0.2) is 43.3 Å². The lowest BCUT2D eigenvalue weighted by Crippen LogP contribution is -2.47. The Bertz CT molecular complexity index is 1360. The van der Waals surface area contributed by atoms with Crippen LogP contribution in [0.3, 0.4) is 0 Å². The lowest BCUT2D eigenvalue weighted by molar-refractivity contribution is 0.0155. The van der Waals surface area contributed by atoms with Gasteiger partial charge in [0.15, 0.2) is 9.84 Å². The van der Waals surface area contributed by atoms with Gasteiger partial charge >= 0.3 is 0 Å². The van der Waals surface area contributed by atoms with E-state index in [1.54, 1.807) is 0 Å². The van der Waals surface area contributed by atoms with Crippen molar-refractivity contribution in [2.24, 2.45) is 0 Å². The van der Waals surface area contributed by atoms with Gasteiger partial charge < -0.3 is 14.2 Å². The van der Waals surface area contributed by atoms with Gasteiger partial charge in [0.1, 0.15) is 24.4 Å². The van der Waals surface area contributed by atoms with E-state index >= 15 is 0 Å². The molecule has 0 radical (unpaired) electrons. The number of hydrogen-bond acceptors (Lipinski definition) is 5. The number of fused-ring (bicyclic) bond motifs is 1. The number of sulfone groups is 1. The minimum absolute atomic E-state index is 0.317. The maximum atomic E-state index is 14.7. The summed E-state index contributed by atoms with van der Waals surface area (Å²) < 4.78 is 48.7. The van der Waals surface area contributed by atoms with E-state index in [1.165, 1.54) is 0 Å². The topological polar surface area (TPSA) is 65.1 Å². The third kappa shape index (κ3) is 6.06. The van der Waals surface area contributed by atoms with Gasteiger partial charge in [-0.15, -0.1) is 0 Å². The Morgan fingerprint density at radius 1 is 0.500 bits per heavy atom. The summed E-state index contributed by atoms with van der Waals surface area (Å²) in [4.78, 5) is 0. The molecule has 0 bridgehead atoms. The van der Waals surface area contributed by atoms with Crippen LogP contribution in [0.25, 0.3) is 0 Å². The average molecular weight is 555 g/mol. The molecule has 206 valence electrons. The van der Waals surface area contributed by atoms with Crippen LogP contribution in [0.4, 0.5) is 0 Å². The molecule has 6 heteroatoms. The van der Waals surface area contributed by atoms with Gasteiger partial charge in [0.05, 0.1) is 23.7 Å². The number of epoxide rings is 1. The Kier molecular flexibility index (Phi) is 8.12. The largest absolute Gasteiger partial charge is 0.369 e. The molecule has 0 spiro atoms. The van der Waals surface area contributed by atoms with Crippen molar-refractivity contribution in [3.05, 3.63) is 144 Å². The summed E-state index contributed by atoms with van der Waals surface area (Å²) in [5.41, 5.74) is 3.92. The van der Waals surface area contributed by atoms with Gasteiger partial charge in [-0.25, -0.2) is 8.42 Å². The molecule has 6 unspecified atom stereocenters. The van der Waals surface area contributed by atoms with E-state index in [4.69, 9.17) is 14.2 Å². The molecule has 0 aromatic heterocycles. The molecular formula is C34H34O5S. The maximum Gasteiger partial charge on any atom is 0.161 e. The van der Waals surface area contributed by atoms with E-state index in [9.17, 15) is 8.42 Å². The number of hydrogen-bond donors (Lipinski definition) is 0. The van der Waals surface area contributed by atoms with Crippen molar-refractivity contribution in [1.82, 2.24) is 0 Å². The third-order valence-electron chi connectivity index (χ3n) is 7.92. The highest BCUT2D eigenvalue weighted by Crippen LogP contribution is 2.44. The van der Waals surface area contributed by atoms with Crippen LogP contribution in [0, 0.1) is 0 Å². The fourth-order valence-corrected chi connectivity index (χ4v) is 8.29. The Morgan fingerprint density at radius 3 is 1.18 bits per heavy atom. The molecule has 0 amide bonds. The van der Waals surface area contributed by atoms with Crippen LogP contribution in [0.5, 0.6) is 0 Å². The predicted molar refractivity (Wildman–Crippen MR) is 155 cm³/mol. The van der Waals surface area contributed by atoms with Crippen molar-refractivity contribution in [2.45, 2.75) is 61.0 Å². The molecular weight excluding hydrogens is 520 g/mol. The first-order valence-electron chi connectivity index (χ1n) is 13.9. The summed E-state index contributed by atoms with van der Waals surface area (Å²) in [6.07, 6.45) is -1.22. The van der Waals surface area contributed by atoms with Gasteiger partial charge in [0.2, 0.25) is 0 Å². The molecule has 2 aliphatic rings. The first-order chi connectivity index (χ1) is 19.6. The molecule has 6 atom stereocenters. The van der Waals surface area contributed by atoms with Crippen LogP contribution in [0.15, 0.2) is 121 Å². The van der Waals surface area contributed by atoms with Crippen LogP contribution in [0.2, 0.25) is 0 Å². The van der Waals surface area contributed by atoms with Crippen molar-refractivity contribution < 1.29 is 22.6 Å². The van der Waals surface area contributed by atoms with E-state index in [1.807, 2.05) is 121 Å². The normalized spacial score (nSPS) is 26.9. The SMILES string of the molecule is O=S1(=O)C(Cc2ccccc2)C(OCc2ccccc2)C2OC2C(OCc2ccccc2)C1Cc1ccccc1. The third-order valence-corrected chi connectivity index (χ3v) is 10.5. The van der Waals surface area contributed by atoms with Crippen LogP contribution >= 0.6 is 0 Å². The number of benzene rings is 4. The fourth-order valence-electron chi connectivity index (χ4n) is 5.78. The summed E-state index contributed by atoms with van der Waals surface area (Å²) in [5, 5.41) is -1.54. The van der Waals surface area contributed by atoms with Crippen molar-refractivity contribution >= 4 is 9.84 Å². The second kappa shape index (κ2) is 12.1. The molecule has 2 heterocycles. The first kappa shape index (κ1) is 26.9. The molecule has 4 aromatic rings. The van der Waals surface area contributed by atoms with E-state index in [2.05, 4.69) is 0 Å². The molecule has 6 rings (SSSR count). The Labute approximate surface area is 236 Å². The quantitative estimate of drug-likeness (QED) is 0.240. The molecule has 40 heavy (non-hydrogen) atoms. The lowest BCUT2D eigenvalue weighted by atomic mass is 9.99. The molecule has 2 fully saturated rings. The molecule has 0 saturated carbocycles. The minimum atomic E-state index is -3.74. The van der Waals surface area contributed by atoms with Crippen molar-refractivity contribution in [1.29, 1.82) is 0 Å². The molecule has 4 aromatic carbocycles. The first-order valence-corrected chi connectivity index (χ1v) is 15.5. The van der Waals surface area contributed by atoms with E-state index in [0.29, 0.717) is 26.1 Å². The minimum Gasteiger partial charge on any atom is -0.369 e. The van der Waals surface area contributed by atoms with Gasteiger partial charge in [0.25, 0.3) is 0 Å². The Balaban J connectivity index is 1.36. The Morgan fingerprint density at radius 2 is 0.825 bits per heavy atom. The fraction of sp³-hybridized carbons (Fsp3) is 0.294. The summed E-state index contributed by atoms with van der Waals surface area (Å²) in [6, 6.07) is 39.3. The second-order valence-corrected chi connectivity index (χ2v) is 13.0. The average Bonchev–Trinajstić information content (AvgIpc) is 3.79. The predicted octanol–water partition coefficient (Wildman–Crippen LogP) is 5.58. The summed E-state index contributed by atoms with van der Waals surface area (Å²) in [6.45, 7) is 0.634. The van der Waals surface area contributed by atoms with Crippen molar-refractivity contribution in [3.63, 3.8) is 0 Å². The highest BCUT2D eigenvalue weighted by molar-refractivity contribution is 7.92. The summed E-state index contributed by atoms with van der Waals surface area (Å²) >= 11 is 0. The van der Waals surface area contributed by atoms with E-state index in [-0.39, 0.29) is 12.2 Å². The lowest BCUT2D eigenvalue weighted by Gasteiger charge is -2.31. The molecule has 0 N–H and O–H groups in total. The van der Waals surface area contributed by atoms with Gasteiger partial charge in [-0.2, -0.15) is 0 Å². The zero-order valence-corrected chi connectivity index (χ0v) is 23.1. The van der Waals surface area contributed by atoms with Gasteiger partial charge in [-0.1, -0.05) is 121 Å². The highest BCUT2D eigenvalue weighted by atomic mass is 32.2. The van der Waals surface area contributed by atoms with Gasteiger partial charge in [-0.3, -0.25) is 0 Å². The summed E-state index contributed by atoms with van der Waals surface area (Å²) in [7, 11) is -3.74. The highest BCUT2D eigenvalue weighted by Gasteiger charge is 2.63. The van der Waals surface area contributed by atoms with E-state index in [0.717, 1.165) is 22.3 Å². The molecule has 2 saturated heterocycles. The monoisotopic (exact) mass is 554 g/mol. The molecule has 2 aliphatic heterocycles.